The number of likely N-dealkylation sites (N-methyl/N-ethyl adjacent to an activating group) is 1. The average Bonchev–Trinajstić information content (AvgIpc) is 2.40. The molecule has 4 nitrogen and oxygen atoms in total. The van der Waals surface area contributed by atoms with Gasteiger partial charge in [-0.15, -0.1) is 0 Å². The molecule has 2 N–H and O–H groups in total. The molecule has 0 saturated carbocycles. The first kappa shape index (κ1) is 15.5. The topological polar surface area (TPSA) is 39.7 Å². The first-order valence-electron chi connectivity index (χ1n) is 7.01. The summed E-state index contributed by atoms with van der Waals surface area (Å²) < 4.78 is 0. The van der Waals surface area contributed by atoms with E-state index in [0.717, 1.165) is 38.7 Å². The van der Waals surface area contributed by atoms with Crippen LogP contribution in [0, 0.1) is 0 Å². The van der Waals surface area contributed by atoms with Crippen molar-refractivity contribution in [3.63, 3.8) is 0 Å². The molecule has 0 spiro atoms. The van der Waals surface area contributed by atoms with Crippen LogP contribution >= 0.6 is 0 Å². The van der Waals surface area contributed by atoms with E-state index < -0.39 is 0 Å². The summed E-state index contributed by atoms with van der Waals surface area (Å²) in [6.45, 7) is 8.67. The minimum Gasteiger partial charge on any atom is -0.357 e. The highest BCUT2D eigenvalue weighted by molar-refractivity contribution is 5.79. The summed E-state index contributed by atoms with van der Waals surface area (Å²) >= 11 is 0. The number of nitrogens with one attached hydrogen (secondary N) is 2. The molecule has 0 radical (unpaired) electrons. The normalized spacial score (nSPS) is 10.3. The van der Waals surface area contributed by atoms with Crippen molar-refractivity contribution >= 4 is 5.96 Å². The fraction of sp³-hybridized carbons (Fsp3) is 0.533. The number of aliphatic imine (C=N–C) groups is 1. The van der Waals surface area contributed by atoms with Gasteiger partial charge in [-0.1, -0.05) is 30.3 Å². The quantitative estimate of drug-likeness (QED) is 0.580. The molecule has 19 heavy (non-hydrogen) atoms. The van der Waals surface area contributed by atoms with Crippen molar-refractivity contribution < 1.29 is 0 Å². The maximum absolute atomic E-state index is 4.54. The van der Waals surface area contributed by atoms with Gasteiger partial charge in [0.05, 0.1) is 6.54 Å². The monoisotopic (exact) mass is 262 g/mol. The third-order valence-corrected chi connectivity index (χ3v) is 2.74. The van der Waals surface area contributed by atoms with Crippen LogP contribution in [0.3, 0.4) is 0 Å². The number of rotatable bonds is 7. The zero-order chi connectivity index (χ0) is 13.9. The lowest BCUT2D eigenvalue weighted by Gasteiger charge is -2.16. The van der Waals surface area contributed by atoms with E-state index in [9.17, 15) is 0 Å². The summed E-state index contributed by atoms with van der Waals surface area (Å²) in [7, 11) is 2.13. The zero-order valence-electron chi connectivity index (χ0n) is 12.3. The molecular weight excluding hydrogens is 236 g/mol. The number of benzene rings is 1. The summed E-state index contributed by atoms with van der Waals surface area (Å²) in [5, 5.41) is 6.45. The third-order valence-electron chi connectivity index (χ3n) is 2.74. The fourth-order valence-corrected chi connectivity index (χ4v) is 1.82. The maximum atomic E-state index is 4.54. The van der Waals surface area contributed by atoms with E-state index in [1.165, 1.54) is 5.56 Å². The van der Waals surface area contributed by atoms with Gasteiger partial charge in [-0.05, 0) is 26.5 Å². The summed E-state index contributed by atoms with van der Waals surface area (Å²) in [6.07, 6.45) is 0. The molecule has 0 aromatic heterocycles. The number of hydrogen-bond donors (Lipinski definition) is 2. The van der Waals surface area contributed by atoms with Gasteiger partial charge in [0, 0.05) is 26.2 Å². The molecule has 1 rings (SSSR count). The minimum absolute atomic E-state index is 0.804. The van der Waals surface area contributed by atoms with Crippen molar-refractivity contribution in [3.8, 4) is 0 Å². The Bertz CT molecular complexity index is 354. The molecule has 106 valence electrons. The van der Waals surface area contributed by atoms with E-state index in [1.807, 2.05) is 6.07 Å². The Morgan fingerprint density at radius 3 is 2.32 bits per heavy atom. The van der Waals surface area contributed by atoms with Crippen molar-refractivity contribution in [2.24, 2.45) is 4.99 Å². The lowest BCUT2D eigenvalue weighted by atomic mass is 10.2. The second-order valence-electron chi connectivity index (χ2n) is 4.51. The fourth-order valence-electron chi connectivity index (χ4n) is 1.82. The summed E-state index contributed by atoms with van der Waals surface area (Å²) in [6, 6.07) is 10.5. The van der Waals surface area contributed by atoms with Crippen LogP contribution < -0.4 is 10.6 Å². The lowest BCUT2D eigenvalue weighted by molar-refractivity contribution is 0.336. The second kappa shape index (κ2) is 9.39. The van der Waals surface area contributed by atoms with Gasteiger partial charge in [0.25, 0.3) is 0 Å². The molecule has 0 amide bonds. The maximum Gasteiger partial charge on any atom is 0.191 e. The summed E-state index contributed by atoms with van der Waals surface area (Å²) in [4.78, 5) is 6.82. The van der Waals surface area contributed by atoms with Crippen molar-refractivity contribution in [2.75, 3.05) is 33.2 Å². The minimum atomic E-state index is 0.804. The molecule has 0 unspecified atom stereocenters. The number of guanidine groups is 1. The summed E-state index contributed by atoms with van der Waals surface area (Å²) in [5.41, 5.74) is 1.34. The molecule has 0 atom stereocenters. The molecule has 0 bridgehead atoms. The van der Waals surface area contributed by atoms with Crippen LogP contribution in [0.5, 0.6) is 0 Å². The number of hydrogen-bond acceptors (Lipinski definition) is 2. The summed E-state index contributed by atoms with van der Waals surface area (Å²) in [5.74, 6) is 0.901. The Balaban J connectivity index is 2.32. The molecule has 1 aromatic carbocycles. The first-order valence-corrected chi connectivity index (χ1v) is 7.01. The predicted octanol–water partition coefficient (Wildman–Crippen LogP) is 1.69. The molecule has 0 aliphatic rings. The van der Waals surface area contributed by atoms with Gasteiger partial charge in [0.1, 0.15) is 0 Å². The Morgan fingerprint density at radius 1 is 1.11 bits per heavy atom. The van der Waals surface area contributed by atoms with Crippen molar-refractivity contribution in [3.05, 3.63) is 35.9 Å². The third kappa shape index (κ3) is 6.82. The molecule has 4 heteroatoms. The molecule has 0 fully saturated rings. The van der Waals surface area contributed by atoms with E-state index in [0.29, 0.717) is 0 Å². The Labute approximate surface area is 116 Å². The van der Waals surface area contributed by atoms with Crippen molar-refractivity contribution in [1.29, 1.82) is 0 Å². The average molecular weight is 262 g/mol. The Morgan fingerprint density at radius 2 is 1.74 bits per heavy atom. The van der Waals surface area contributed by atoms with Gasteiger partial charge in [-0.25, -0.2) is 0 Å². The largest absolute Gasteiger partial charge is 0.357 e. The van der Waals surface area contributed by atoms with Crippen LogP contribution in [-0.2, 0) is 6.54 Å². The highest BCUT2D eigenvalue weighted by atomic mass is 15.2. The molecule has 0 heterocycles. The van der Waals surface area contributed by atoms with Crippen LogP contribution in [0.4, 0.5) is 0 Å². The van der Waals surface area contributed by atoms with E-state index in [1.54, 1.807) is 0 Å². The molecule has 0 aliphatic carbocycles. The standard InChI is InChI=1S/C15H26N4/c1-4-16-15(17-5-2)18-11-12-19(3)13-14-9-7-6-8-10-14/h6-10H,4-5,11-13H2,1-3H3,(H2,16,17,18). The lowest BCUT2D eigenvalue weighted by Crippen LogP contribution is -2.37. The predicted molar refractivity (Wildman–Crippen MR) is 82.4 cm³/mol. The smallest absolute Gasteiger partial charge is 0.191 e. The number of nitrogens with zero attached hydrogens (tertiary/aromatic N) is 2. The van der Waals surface area contributed by atoms with Crippen molar-refractivity contribution in [1.82, 2.24) is 15.5 Å². The van der Waals surface area contributed by atoms with E-state index in [-0.39, 0.29) is 0 Å². The van der Waals surface area contributed by atoms with Crippen LogP contribution in [0.1, 0.15) is 19.4 Å². The van der Waals surface area contributed by atoms with E-state index in [4.69, 9.17) is 0 Å². The molecule has 0 saturated heterocycles. The van der Waals surface area contributed by atoms with Gasteiger partial charge in [-0.2, -0.15) is 0 Å². The van der Waals surface area contributed by atoms with Crippen LogP contribution in [0.25, 0.3) is 0 Å². The van der Waals surface area contributed by atoms with Gasteiger partial charge in [-0.3, -0.25) is 4.99 Å². The molecular formula is C15H26N4. The van der Waals surface area contributed by atoms with Crippen molar-refractivity contribution in [2.45, 2.75) is 20.4 Å². The van der Waals surface area contributed by atoms with Gasteiger partial charge < -0.3 is 15.5 Å². The van der Waals surface area contributed by atoms with E-state index in [2.05, 4.69) is 65.7 Å². The van der Waals surface area contributed by atoms with Gasteiger partial charge in [0.15, 0.2) is 5.96 Å². The van der Waals surface area contributed by atoms with Crippen LogP contribution in [0.15, 0.2) is 35.3 Å². The highest BCUT2D eigenvalue weighted by Crippen LogP contribution is 2.01. The highest BCUT2D eigenvalue weighted by Gasteiger charge is 2.00. The van der Waals surface area contributed by atoms with Gasteiger partial charge >= 0.3 is 0 Å². The van der Waals surface area contributed by atoms with Crippen LogP contribution in [0.2, 0.25) is 0 Å². The Kier molecular flexibility index (Phi) is 7.66. The van der Waals surface area contributed by atoms with Crippen LogP contribution in [-0.4, -0.2) is 44.1 Å². The Hall–Kier alpha value is -1.55. The zero-order valence-corrected chi connectivity index (χ0v) is 12.3. The molecule has 1 aromatic rings. The second-order valence-corrected chi connectivity index (χ2v) is 4.51. The van der Waals surface area contributed by atoms with E-state index >= 15 is 0 Å². The van der Waals surface area contributed by atoms with Gasteiger partial charge in [0.2, 0.25) is 0 Å². The SMILES string of the molecule is CCNC(=NCCN(C)Cc1ccccc1)NCC. The first-order chi connectivity index (χ1) is 9.26. The molecule has 0 aliphatic heterocycles.